The largest absolute Gasteiger partial charge is 0.506 e. The second-order valence-electron chi connectivity index (χ2n) is 7.69. The lowest BCUT2D eigenvalue weighted by molar-refractivity contribution is -0.116. The zero-order valence-electron chi connectivity index (χ0n) is 18.3. The van der Waals surface area contributed by atoms with Crippen molar-refractivity contribution in [2.75, 3.05) is 10.6 Å². The van der Waals surface area contributed by atoms with Crippen molar-refractivity contribution < 1.29 is 23.1 Å². The Morgan fingerprint density at radius 2 is 1.72 bits per heavy atom. The predicted octanol–water partition coefficient (Wildman–Crippen LogP) is 4.70. The number of amides is 2. The first-order chi connectivity index (χ1) is 14.9. The van der Waals surface area contributed by atoms with Crippen molar-refractivity contribution in [2.45, 2.75) is 44.3 Å². The molecule has 0 aliphatic rings. The molecular formula is C23H27ClN2O5S. The molecule has 2 aromatic rings. The number of benzene rings is 2. The Hall–Kier alpha value is -2.84. The molecule has 0 bridgehead atoms. The van der Waals surface area contributed by atoms with Gasteiger partial charge in [-0.3, -0.25) is 9.59 Å². The molecule has 0 radical (unpaired) electrons. The summed E-state index contributed by atoms with van der Waals surface area (Å²) < 4.78 is 25.9. The molecule has 0 aliphatic carbocycles. The third-order valence-electron chi connectivity index (χ3n) is 4.62. The fraction of sp³-hybridized carbons (Fsp3) is 0.304. The number of carbonyl (C=O) groups is 2. The standard InChI is InChI=1S/C23H27ClN2O5S/c1-5-21(32(30,31)16-9-7-15(4)8-10-16)23(29)26-18-13-20(27)19(12-17(18)24)25-22(28)11-6-14(2)3/h6-14,21,27H,5H2,1-4H3,(H,25,28)(H,26,29)/b11-6+. The predicted molar refractivity (Wildman–Crippen MR) is 127 cm³/mol. The second-order valence-corrected chi connectivity index (χ2v) is 10.2. The molecule has 1 atom stereocenters. The Balaban J connectivity index is 2.23. The van der Waals surface area contributed by atoms with Crippen LogP contribution >= 0.6 is 11.6 Å². The van der Waals surface area contributed by atoms with Crippen LogP contribution in [0.3, 0.4) is 0 Å². The van der Waals surface area contributed by atoms with E-state index >= 15 is 0 Å². The Labute approximate surface area is 193 Å². The fourth-order valence-corrected chi connectivity index (χ4v) is 4.70. The quantitative estimate of drug-likeness (QED) is 0.376. The van der Waals surface area contributed by atoms with Gasteiger partial charge in [-0.2, -0.15) is 0 Å². The molecule has 1 unspecified atom stereocenters. The van der Waals surface area contributed by atoms with Crippen LogP contribution in [0, 0.1) is 12.8 Å². The summed E-state index contributed by atoms with van der Waals surface area (Å²) in [7, 11) is -3.93. The average molecular weight is 479 g/mol. The van der Waals surface area contributed by atoms with Crippen LogP contribution in [-0.2, 0) is 19.4 Å². The third kappa shape index (κ3) is 6.34. The van der Waals surface area contributed by atoms with Gasteiger partial charge in [0.15, 0.2) is 9.84 Å². The molecule has 7 nitrogen and oxygen atoms in total. The number of nitrogens with one attached hydrogen (secondary N) is 2. The Kier molecular flexibility index (Phi) is 8.46. The number of halogens is 1. The second kappa shape index (κ2) is 10.7. The van der Waals surface area contributed by atoms with Gasteiger partial charge in [0.1, 0.15) is 11.0 Å². The van der Waals surface area contributed by atoms with Gasteiger partial charge in [-0.15, -0.1) is 0 Å². The minimum atomic E-state index is -3.93. The normalized spacial score (nSPS) is 12.7. The first-order valence-electron chi connectivity index (χ1n) is 10.1. The highest BCUT2D eigenvalue weighted by Gasteiger charge is 2.33. The van der Waals surface area contributed by atoms with Gasteiger partial charge in [0.2, 0.25) is 11.8 Å². The van der Waals surface area contributed by atoms with Gasteiger partial charge in [-0.05, 0) is 43.5 Å². The number of hydrogen-bond acceptors (Lipinski definition) is 5. The van der Waals surface area contributed by atoms with Crippen LogP contribution in [0.1, 0.15) is 32.8 Å². The number of sulfone groups is 1. The van der Waals surface area contributed by atoms with Crippen molar-refractivity contribution in [1.29, 1.82) is 0 Å². The maximum Gasteiger partial charge on any atom is 0.248 e. The molecule has 3 N–H and O–H groups in total. The summed E-state index contributed by atoms with van der Waals surface area (Å²) >= 11 is 6.21. The van der Waals surface area contributed by atoms with E-state index in [1.165, 1.54) is 24.3 Å². The number of aromatic hydroxyl groups is 1. The first-order valence-corrected chi connectivity index (χ1v) is 12.0. The molecule has 0 fully saturated rings. The van der Waals surface area contributed by atoms with Crippen molar-refractivity contribution in [3.8, 4) is 5.75 Å². The molecular weight excluding hydrogens is 452 g/mol. The molecule has 9 heteroatoms. The molecule has 32 heavy (non-hydrogen) atoms. The topological polar surface area (TPSA) is 113 Å². The van der Waals surface area contributed by atoms with Crippen LogP contribution in [0.25, 0.3) is 0 Å². The van der Waals surface area contributed by atoms with Crippen LogP contribution in [0.15, 0.2) is 53.4 Å². The number of anilines is 2. The van der Waals surface area contributed by atoms with E-state index in [1.54, 1.807) is 25.1 Å². The lowest BCUT2D eigenvalue weighted by atomic mass is 10.2. The van der Waals surface area contributed by atoms with Crippen LogP contribution < -0.4 is 10.6 Å². The van der Waals surface area contributed by atoms with Gasteiger partial charge < -0.3 is 15.7 Å². The summed E-state index contributed by atoms with van der Waals surface area (Å²) in [5.74, 6) is -1.37. The van der Waals surface area contributed by atoms with Gasteiger partial charge in [-0.1, -0.05) is 56.1 Å². The van der Waals surface area contributed by atoms with Crippen molar-refractivity contribution in [3.63, 3.8) is 0 Å². The van der Waals surface area contributed by atoms with Crippen molar-refractivity contribution in [1.82, 2.24) is 0 Å². The minimum absolute atomic E-state index is 0.0295. The Bertz CT molecular complexity index is 1130. The van der Waals surface area contributed by atoms with E-state index in [9.17, 15) is 23.1 Å². The van der Waals surface area contributed by atoms with Gasteiger partial charge in [-0.25, -0.2) is 8.42 Å². The van der Waals surface area contributed by atoms with Gasteiger partial charge in [0, 0.05) is 6.07 Å². The van der Waals surface area contributed by atoms with Crippen molar-refractivity contribution in [3.05, 3.63) is 59.1 Å². The summed E-state index contributed by atoms with van der Waals surface area (Å²) in [6.45, 7) is 7.26. The van der Waals surface area contributed by atoms with E-state index in [0.29, 0.717) is 0 Å². The van der Waals surface area contributed by atoms with Gasteiger partial charge in [0.25, 0.3) is 0 Å². The smallest absolute Gasteiger partial charge is 0.248 e. The van der Waals surface area contributed by atoms with Crippen LogP contribution in [0.4, 0.5) is 11.4 Å². The zero-order chi connectivity index (χ0) is 24.1. The molecule has 0 aliphatic heterocycles. The monoisotopic (exact) mass is 478 g/mol. The minimum Gasteiger partial charge on any atom is -0.506 e. The number of phenols is 1. The summed E-state index contributed by atoms with van der Waals surface area (Å²) in [6.07, 6.45) is 3.08. The Morgan fingerprint density at radius 3 is 2.28 bits per heavy atom. The molecule has 0 spiro atoms. The molecule has 2 rings (SSSR count). The molecule has 2 aromatic carbocycles. The maximum atomic E-state index is 12.9. The van der Waals surface area contributed by atoms with Crippen LogP contribution in [-0.4, -0.2) is 30.6 Å². The maximum absolute atomic E-state index is 12.9. The van der Waals surface area contributed by atoms with E-state index < -0.39 is 26.9 Å². The number of carbonyl (C=O) groups excluding carboxylic acids is 2. The highest BCUT2D eigenvalue weighted by Crippen LogP contribution is 2.34. The average Bonchev–Trinajstić information content (AvgIpc) is 2.70. The number of aryl methyl sites for hydroxylation is 1. The molecule has 0 aromatic heterocycles. The zero-order valence-corrected chi connectivity index (χ0v) is 19.9. The van der Waals surface area contributed by atoms with E-state index in [4.69, 9.17) is 11.6 Å². The van der Waals surface area contributed by atoms with E-state index in [0.717, 1.165) is 11.6 Å². The number of hydrogen-bond donors (Lipinski definition) is 3. The number of phenolic OH excluding ortho intramolecular Hbond substituents is 1. The van der Waals surface area contributed by atoms with Gasteiger partial charge in [0.05, 0.1) is 21.3 Å². The molecule has 0 heterocycles. The lowest BCUT2D eigenvalue weighted by Gasteiger charge is -2.17. The summed E-state index contributed by atoms with van der Waals surface area (Å²) in [5.41, 5.74) is 0.990. The number of allylic oxidation sites excluding steroid dienone is 1. The molecule has 172 valence electrons. The van der Waals surface area contributed by atoms with Crippen molar-refractivity contribution in [2.24, 2.45) is 5.92 Å². The van der Waals surface area contributed by atoms with Crippen molar-refractivity contribution >= 4 is 44.6 Å². The van der Waals surface area contributed by atoms with Gasteiger partial charge >= 0.3 is 0 Å². The highest BCUT2D eigenvalue weighted by atomic mass is 35.5. The van der Waals surface area contributed by atoms with Crippen LogP contribution in [0.2, 0.25) is 5.02 Å². The number of rotatable bonds is 8. The van der Waals surface area contributed by atoms with E-state index in [2.05, 4.69) is 10.6 Å². The molecule has 0 saturated carbocycles. The third-order valence-corrected chi connectivity index (χ3v) is 7.16. The SMILES string of the molecule is CCC(C(=O)Nc1cc(O)c(NC(=O)/C=C/C(C)C)cc1Cl)S(=O)(=O)c1ccc(C)cc1. The van der Waals surface area contributed by atoms with Crippen LogP contribution in [0.5, 0.6) is 5.75 Å². The summed E-state index contributed by atoms with van der Waals surface area (Å²) in [6, 6.07) is 8.69. The first kappa shape index (κ1) is 25.4. The summed E-state index contributed by atoms with van der Waals surface area (Å²) in [5, 5.41) is 13.9. The Morgan fingerprint density at radius 1 is 1.09 bits per heavy atom. The highest BCUT2D eigenvalue weighted by molar-refractivity contribution is 7.92. The molecule has 0 saturated heterocycles. The van der Waals surface area contributed by atoms with E-state index in [1.807, 2.05) is 20.8 Å². The van der Waals surface area contributed by atoms with E-state index in [-0.39, 0.29) is 39.4 Å². The molecule has 2 amide bonds. The fourth-order valence-electron chi connectivity index (χ4n) is 2.86. The summed E-state index contributed by atoms with van der Waals surface area (Å²) in [4.78, 5) is 24.8. The lowest BCUT2D eigenvalue weighted by Crippen LogP contribution is -2.34.